The zero-order valence-electron chi connectivity index (χ0n) is 3.82. The molecule has 0 amide bonds. The first-order valence-electron chi connectivity index (χ1n) is 1.53. The molecule has 3 heteroatoms. The summed E-state index contributed by atoms with van der Waals surface area (Å²) in [5, 5.41) is 6.55. The predicted molar refractivity (Wildman–Crippen MR) is 21.5 cm³/mol. The third-order valence-corrected chi connectivity index (χ3v) is 0.208. The van der Waals surface area contributed by atoms with Gasteiger partial charge in [-0.2, -0.15) is 4.89 Å². The summed E-state index contributed by atoms with van der Waals surface area (Å²) in [6, 6.07) is 0. The van der Waals surface area contributed by atoms with Crippen LogP contribution in [0.15, 0.2) is 0 Å². The van der Waals surface area contributed by atoms with E-state index in [4.69, 9.17) is 5.41 Å². The predicted octanol–water partition coefficient (Wildman–Crippen LogP) is 0.562. The van der Waals surface area contributed by atoms with Crippen LogP contribution in [0.1, 0.15) is 6.92 Å². The van der Waals surface area contributed by atoms with Crippen molar-refractivity contribution in [2.24, 2.45) is 0 Å². The smallest absolute Gasteiger partial charge is 0.221 e. The molecule has 6 heavy (non-hydrogen) atoms. The Kier molecular flexibility index (Phi) is 2.40. The van der Waals surface area contributed by atoms with Gasteiger partial charge in [-0.15, -0.1) is 0 Å². The number of nitrogens with one attached hydrogen (secondary N) is 1. The van der Waals surface area contributed by atoms with Gasteiger partial charge in [0.25, 0.3) is 0 Å². The second kappa shape index (κ2) is 2.66. The third-order valence-electron chi connectivity index (χ3n) is 0.208. The van der Waals surface area contributed by atoms with E-state index < -0.39 is 0 Å². The molecule has 0 aromatic heterocycles. The highest BCUT2D eigenvalue weighted by Gasteiger charge is 1.77. The highest BCUT2D eigenvalue weighted by molar-refractivity contribution is 5.68. The van der Waals surface area contributed by atoms with Crippen molar-refractivity contribution < 1.29 is 9.78 Å². The summed E-state index contributed by atoms with van der Waals surface area (Å²) in [6.45, 7) is 1.49. The summed E-state index contributed by atoms with van der Waals surface area (Å²) in [5.74, 6) is 0.0671. The first kappa shape index (κ1) is 5.43. The molecule has 0 spiro atoms. The van der Waals surface area contributed by atoms with Gasteiger partial charge in [-0.25, -0.2) is 0 Å². The van der Waals surface area contributed by atoms with Crippen molar-refractivity contribution in [2.45, 2.75) is 6.92 Å². The van der Waals surface area contributed by atoms with Gasteiger partial charge >= 0.3 is 0 Å². The fourth-order valence-electron chi connectivity index (χ4n) is 0.125. The van der Waals surface area contributed by atoms with E-state index >= 15 is 0 Å². The summed E-state index contributed by atoms with van der Waals surface area (Å²) in [7, 11) is 1.36. The molecular weight excluding hydrogens is 82.0 g/mol. The fraction of sp³-hybridized carbons (Fsp3) is 0.667. The van der Waals surface area contributed by atoms with Crippen molar-refractivity contribution in [1.82, 2.24) is 0 Å². The van der Waals surface area contributed by atoms with Crippen molar-refractivity contribution in [2.75, 3.05) is 7.11 Å². The Morgan fingerprint density at radius 1 is 1.67 bits per heavy atom. The van der Waals surface area contributed by atoms with Crippen LogP contribution in [0.25, 0.3) is 0 Å². The van der Waals surface area contributed by atoms with Gasteiger partial charge in [0.15, 0.2) is 0 Å². The van der Waals surface area contributed by atoms with Gasteiger partial charge in [-0.1, -0.05) is 0 Å². The maximum Gasteiger partial charge on any atom is 0.221 e. The van der Waals surface area contributed by atoms with E-state index in [1.54, 1.807) is 0 Å². The van der Waals surface area contributed by atoms with Crippen LogP contribution in [-0.2, 0) is 9.78 Å². The highest BCUT2D eigenvalue weighted by atomic mass is 17.2. The van der Waals surface area contributed by atoms with Gasteiger partial charge in [0, 0.05) is 6.92 Å². The molecule has 0 saturated heterocycles. The molecule has 0 radical (unpaired) electrons. The maximum atomic E-state index is 6.55. The standard InChI is InChI=1S/C3H7NO2/c1-3(4)6-5-2/h4H,1-2H3. The summed E-state index contributed by atoms with van der Waals surface area (Å²) in [6.07, 6.45) is 0. The van der Waals surface area contributed by atoms with Crippen molar-refractivity contribution in [1.29, 1.82) is 5.41 Å². The van der Waals surface area contributed by atoms with Crippen molar-refractivity contribution in [3.8, 4) is 0 Å². The van der Waals surface area contributed by atoms with Gasteiger partial charge in [-0.3, -0.25) is 5.41 Å². The Bertz CT molecular complexity index is 52.8. The third kappa shape index (κ3) is 3.43. The maximum absolute atomic E-state index is 6.55. The minimum absolute atomic E-state index is 0.0671. The van der Waals surface area contributed by atoms with E-state index in [0.29, 0.717) is 0 Å². The van der Waals surface area contributed by atoms with Crippen molar-refractivity contribution in [3.05, 3.63) is 0 Å². The minimum atomic E-state index is 0.0671. The molecule has 0 aromatic carbocycles. The molecule has 0 unspecified atom stereocenters. The van der Waals surface area contributed by atoms with E-state index in [1.807, 2.05) is 0 Å². The molecule has 0 heterocycles. The lowest BCUT2D eigenvalue weighted by Crippen LogP contribution is -1.93. The summed E-state index contributed by atoms with van der Waals surface area (Å²) >= 11 is 0. The zero-order valence-corrected chi connectivity index (χ0v) is 3.82. The fourth-order valence-corrected chi connectivity index (χ4v) is 0.125. The largest absolute Gasteiger partial charge is 0.323 e. The average molecular weight is 89.1 g/mol. The van der Waals surface area contributed by atoms with Crippen LogP contribution in [-0.4, -0.2) is 13.0 Å². The lowest BCUT2D eigenvalue weighted by molar-refractivity contribution is -0.195. The first-order chi connectivity index (χ1) is 2.77. The van der Waals surface area contributed by atoms with E-state index in [0.717, 1.165) is 0 Å². The Balaban J connectivity index is 2.83. The first-order valence-corrected chi connectivity index (χ1v) is 1.53. The Labute approximate surface area is 36.3 Å². The van der Waals surface area contributed by atoms with E-state index in [9.17, 15) is 0 Å². The Hall–Kier alpha value is -0.570. The van der Waals surface area contributed by atoms with E-state index in [-0.39, 0.29) is 5.90 Å². The quantitative estimate of drug-likeness (QED) is 0.221. The highest BCUT2D eigenvalue weighted by Crippen LogP contribution is 1.71. The molecule has 0 aliphatic carbocycles. The van der Waals surface area contributed by atoms with Crippen LogP contribution in [0.4, 0.5) is 0 Å². The molecule has 0 aliphatic heterocycles. The van der Waals surface area contributed by atoms with Gasteiger partial charge in [0.2, 0.25) is 5.90 Å². The number of hydrogen-bond donors (Lipinski definition) is 1. The van der Waals surface area contributed by atoms with Crippen LogP contribution in [0.2, 0.25) is 0 Å². The summed E-state index contributed by atoms with van der Waals surface area (Å²) in [5.41, 5.74) is 0. The van der Waals surface area contributed by atoms with E-state index in [2.05, 4.69) is 9.78 Å². The molecule has 3 nitrogen and oxygen atoms in total. The molecule has 0 atom stereocenters. The molecule has 0 aromatic rings. The van der Waals surface area contributed by atoms with Crippen LogP contribution in [0.3, 0.4) is 0 Å². The zero-order chi connectivity index (χ0) is 4.99. The second-order valence-electron chi connectivity index (χ2n) is 0.806. The van der Waals surface area contributed by atoms with Crippen molar-refractivity contribution >= 4 is 5.90 Å². The van der Waals surface area contributed by atoms with Crippen LogP contribution >= 0.6 is 0 Å². The molecule has 0 aliphatic rings. The summed E-state index contributed by atoms with van der Waals surface area (Å²) < 4.78 is 0. The molecule has 1 N–H and O–H groups in total. The monoisotopic (exact) mass is 89.0 g/mol. The van der Waals surface area contributed by atoms with Gasteiger partial charge < -0.3 is 4.89 Å². The van der Waals surface area contributed by atoms with Crippen LogP contribution in [0, 0.1) is 5.41 Å². The Morgan fingerprint density at radius 2 is 2.17 bits per heavy atom. The van der Waals surface area contributed by atoms with Crippen LogP contribution < -0.4 is 0 Å². The number of hydrogen-bond acceptors (Lipinski definition) is 3. The molecule has 0 fully saturated rings. The number of rotatable bonds is 1. The topological polar surface area (TPSA) is 42.3 Å². The van der Waals surface area contributed by atoms with E-state index in [1.165, 1.54) is 14.0 Å². The summed E-state index contributed by atoms with van der Waals surface area (Å²) in [4.78, 5) is 8.20. The van der Waals surface area contributed by atoms with Gasteiger partial charge in [0.1, 0.15) is 0 Å². The Morgan fingerprint density at radius 3 is 2.17 bits per heavy atom. The van der Waals surface area contributed by atoms with Gasteiger partial charge in [-0.05, 0) is 0 Å². The molecule has 36 valence electrons. The molecule has 0 saturated carbocycles. The minimum Gasteiger partial charge on any atom is -0.323 e. The molecular formula is C3H7NO2. The molecule has 0 bridgehead atoms. The second-order valence-corrected chi connectivity index (χ2v) is 0.806. The lowest BCUT2D eigenvalue weighted by atomic mass is 10.8. The molecule has 0 rings (SSSR count). The van der Waals surface area contributed by atoms with Crippen LogP contribution in [0.5, 0.6) is 0 Å². The average Bonchev–Trinajstić information content (AvgIpc) is 1.35. The normalized spacial score (nSPS) is 7.67. The lowest BCUT2D eigenvalue weighted by Gasteiger charge is -1.91. The SMILES string of the molecule is COOC(C)=N. The van der Waals surface area contributed by atoms with Crippen molar-refractivity contribution in [3.63, 3.8) is 0 Å². The van der Waals surface area contributed by atoms with Gasteiger partial charge in [0.05, 0.1) is 7.11 Å².